The average Bonchev–Trinajstić information content (AvgIpc) is 0.856. The van der Waals surface area contributed by atoms with Crippen LogP contribution in [0.5, 0.6) is 46.0 Å². The summed E-state index contributed by atoms with van der Waals surface area (Å²) in [4.78, 5) is 3.88. The highest BCUT2D eigenvalue weighted by molar-refractivity contribution is 7.89. The van der Waals surface area contributed by atoms with Gasteiger partial charge < -0.3 is 97.7 Å². The molecule has 6 heterocycles. The lowest BCUT2D eigenvalue weighted by molar-refractivity contribution is -0.907. The quantitative estimate of drug-likeness (QED) is 0.0180. The van der Waals surface area contributed by atoms with Crippen LogP contribution in [0.4, 0.5) is 5.69 Å². The second-order valence-electron chi connectivity index (χ2n) is 37.4. The highest BCUT2D eigenvalue weighted by atomic mass is 32.2. The van der Waals surface area contributed by atoms with Gasteiger partial charge in [0.2, 0.25) is 32.1 Å². The van der Waals surface area contributed by atoms with E-state index in [0.717, 1.165) is 253 Å². The SMILES string of the molecule is COc1cc2c(ccc3c4ccc(CO)c(CO)c4c[n+](C)c23)c(-c2ccc(CC[NH+]3CCOCC3)cc2)c1OC.COc1cc2c(ccc3c4ccc(CO)c(CO)c4c[n+](C)c23)c(-c2ccc(N(C)C)cc2)c1OC.COc1cc2c(ccc3c4ccc(CO)c(CO)c4c[n+](C)c23)c(-c2ccc(S(=O)(=O)N(C)C)cc2)c1OC.COc1cc2c(ccc3c4ccc(CO)c(CO)c4c[n+](C)c23)c(-c2ccoc2)c1OC. The predicted octanol–water partition coefficient (Wildman–Crippen LogP) is 15.9. The molecule has 0 spiro atoms. The fraction of sp³-hybridized carbons (Fsp3) is 0.250. The molecule has 1 aliphatic rings. The monoisotopic (exact) mass is 2010 g/mol. The van der Waals surface area contributed by atoms with E-state index in [-0.39, 0.29) is 57.8 Å². The number of sulfonamides is 1. The third-order valence-electron chi connectivity index (χ3n) is 29.2. The second-order valence-corrected chi connectivity index (χ2v) is 39.5. The number of pyridine rings is 4. The van der Waals surface area contributed by atoms with Gasteiger partial charge in [-0.25, -0.2) is 12.7 Å². The van der Waals surface area contributed by atoms with Gasteiger partial charge in [-0.15, -0.1) is 0 Å². The molecule has 28 heteroatoms. The van der Waals surface area contributed by atoms with E-state index < -0.39 is 10.0 Å². The number of fused-ring (bicyclic) bond motifs is 20. The molecule has 0 unspecified atom stereocenters. The first kappa shape index (κ1) is 103. The van der Waals surface area contributed by atoms with Crippen LogP contribution < -0.4 is 66.0 Å². The Morgan fingerprint density at radius 2 is 0.601 bits per heavy atom. The summed E-state index contributed by atoms with van der Waals surface area (Å²) in [5, 5.41) is 99.3. The van der Waals surface area contributed by atoms with Crippen LogP contribution in [-0.4, -0.2) is 171 Å². The average molecular weight is 2020 g/mol. The van der Waals surface area contributed by atoms with Gasteiger partial charge in [-0.1, -0.05) is 121 Å². The molecule has 0 radical (unpaired) electrons. The number of morpholine rings is 1. The Balaban J connectivity index is 0.000000130. The van der Waals surface area contributed by atoms with Gasteiger partial charge in [0.25, 0.3) is 0 Å². The number of quaternary nitrogens is 1. The van der Waals surface area contributed by atoms with Crippen LogP contribution in [0.3, 0.4) is 0 Å². The number of hydrogen-bond donors (Lipinski definition) is 9. The van der Waals surface area contributed by atoms with E-state index in [1.165, 1.54) is 24.0 Å². The molecule has 1 fully saturated rings. The van der Waals surface area contributed by atoms with Gasteiger partial charge in [0.05, 0.1) is 212 Å². The maximum atomic E-state index is 12.6. The number of nitrogens with one attached hydrogen (secondary N) is 1. The van der Waals surface area contributed by atoms with E-state index in [0.29, 0.717) is 57.1 Å². The van der Waals surface area contributed by atoms with Crippen molar-refractivity contribution in [2.75, 3.05) is 123 Å². The van der Waals surface area contributed by atoms with Crippen molar-refractivity contribution in [2.24, 2.45) is 28.2 Å². The summed E-state index contributed by atoms with van der Waals surface area (Å²) in [5.41, 5.74) is 19.9. The number of nitrogens with zero attached hydrogens (tertiary/aromatic N) is 6. The minimum atomic E-state index is -3.57. The summed E-state index contributed by atoms with van der Waals surface area (Å²) in [6.07, 6.45) is 12.4. The van der Waals surface area contributed by atoms with Gasteiger partial charge in [-0.3, -0.25) is 0 Å². The first-order valence-electron chi connectivity index (χ1n) is 48.8. The van der Waals surface area contributed by atoms with E-state index >= 15 is 0 Å². The third-order valence-corrected chi connectivity index (χ3v) is 31.0. The van der Waals surface area contributed by atoms with Gasteiger partial charge in [0.15, 0.2) is 70.8 Å². The van der Waals surface area contributed by atoms with E-state index in [9.17, 15) is 49.3 Å². The molecule has 5 aromatic heterocycles. The van der Waals surface area contributed by atoms with E-state index in [1.54, 1.807) is 98.6 Å². The second kappa shape index (κ2) is 43.6. The Hall–Kier alpha value is -15.0. The van der Waals surface area contributed by atoms with Crippen LogP contribution in [0.25, 0.3) is 174 Å². The fourth-order valence-electron chi connectivity index (χ4n) is 21.8. The number of rotatable bonds is 26. The molecule has 0 saturated carbocycles. The number of ether oxygens (including phenoxy) is 9. The molecule has 1 aliphatic heterocycles. The first-order chi connectivity index (χ1) is 71.8. The molecular weight excluding hydrogens is 1890 g/mol. The van der Waals surface area contributed by atoms with Crippen molar-refractivity contribution in [2.45, 2.75) is 64.2 Å². The van der Waals surface area contributed by atoms with Gasteiger partial charge in [-0.2, -0.15) is 18.3 Å². The highest BCUT2D eigenvalue weighted by Crippen LogP contribution is 2.52. The van der Waals surface area contributed by atoms with Gasteiger partial charge >= 0.3 is 0 Å². The fourth-order valence-corrected chi connectivity index (χ4v) is 22.7. The highest BCUT2D eigenvalue weighted by Gasteiger charge is 2.32. The van der Waals surface area contributed by atoms with Crippen LogP contribution in [0.15, 0.2) is 247 Å². The zero-order valence-electron chi connectivity index (χ0n) is 86.0. The lowest BCUT2D eigenvalue weighted by atomic mass is 9.92. The molecule has 15 aromatic carbocycles. The van der Waals surface area contributed by atoms with Crippen molar-refractivity contribution in [3.63, 3.8) is 0 Å². The number of anilines is 1. The number of furan rings is 1. The number of aliphatic hydroxyl groups is 8. The van der Waals surface area contributed by atoms with Crippen molar-refractivity contribution in [1.29, 1.82) is 0 Å². The Kier molecular flexibility index (Phi) is 30.3. The van der Waals surface area contributed by atoms with Crippen molar-refractivity contribution in [3.8, 4) is 90.5 Å². The summed E-state index contributed by atoms with van der Waals surface area (Å²) in [6.45, 7) is 3.90. The van der Waals surface area contributed by atoms with Gasteiger partial charge in [0, 0.05) is 111 Å². The molecular formula is C120H124N7O20S+5. The molecule has 0 amide bonds. The van der Waals surface area contributed by atoms with Crippen molar-refractivity contribution in [1.82, 2.24) is 4.31 Å². The third kappa shape index (κ3) is 18.4. The van der Waals surface area contributed by atoms with Crippen molar-refractivity contribution < 1.29 is 119 Å². The summed E-state index contributed by atoms with van der Waals surface area (Å²) in [5.74, 6) is 5.12. The van der Waals surface area contributed by atoms with Crippen LogP contribution >= 0.6 is 0 Å². The number of aryl methyl sites for hydroxylation is 4. The first-order valence-corrected chi connectivity index (χ1v) is 50.2. The standard InChI is InChI=1S/C34H37N2O5.C30H31N2O6S.C30H31N2O4.C26H24NO5/c1-35-19-29-25(9-8-24(20-37)30(29)21-38)27-11-10-26-28(33(27)35)18-31(39-2)34(40-3)32(26)23-6-4-22(5-7-23)12-13-36-14-16-41-17-15-36;1-31(2)39(35,36)20-9-6-18(7-10-20)28-22-12-13-23-21-11-8-19(16-33)26(17-34)25(21)15-32(3)29(23)24(22)14-27(37-4)30(28)38-5;1-31(2)20-9-6-18(7-10-20)28-22-12-13-23-21-11-8-19(16-33)26(17-34)25(21)15-32(3)29(23)24(22)14-27(35-4)30(28)36-5;1-27-11-21-17(5-4-15(12-28)22(21)13-29)19-7-6-18-20(25(19)27)10-23(30-2)26(31-3)24(18)16-8-9-32-14-16/h4-11,18-19,37-38H,12-17,20-21H2,1-3H3;6-15,33-34H,16-17H2,1-5H3;6-15,33-34H,16-17H2,1-5H3;4-11,14,28-29H,12-13H2,1-3H3/q4*+1/p+1. The summed E-state index contributed by atoms with van der Waals surface area (Å²) in [7, 11) is 24.6. The largest absolute Gasteiger partial charge is 0.493 e. The Morgan fingerprint density at radius 3 is 0.865 bits per heavy atom. The zero-order valence-corrected chi connectivity index (χ0v) is 86.8. The topological polar surface area (TPSA) is 319 Å². The number of benzene rings is 15. The molecule has 1 saturated heterocycles. The maximum Gasteiger partial charge on any atom is 0.242 e. The van der Waals surface area contributed by atoms with Crippen LogP contribution in [0, 0.1) is 0 Å². The summed E-state index contributed by atoms with van der Waals surface area (Å²) < 4.78 is 92.2. The zero-order chi connectivity index (χ0) is 105. The van der Waals surface area contributed by atoms with E-state index in [2.05, 4.69) is 110 Å². The van der Waals surface area contributed by atoms with Gasteiger partial charge in [0.1, 0.15) is 41.3 Å². The lowest BCUT2D eigenvalue weighted by Gasteiger charge is -2.23. The Morgan fingerprint density at radius 1 is 0.318 bits per heavy atom. The summed E-state index contributed by atoms with van der Waals surface area (Å²) >= 11 is 0. The molecule has 760 valence electrons. The Labute approximate surface area is 857 Å². The smallest absolute Gasteiger partial charge is 0.242 e. The number of aromatic nitrogens is 4. The molecule has 27 nitrogen and oxygen atoms in total. The van der Waals surface area contributed by atoms with Gasteiger partial charge in [-0.05, 0) is 146 Å². The molecule has 148 heavy (non-hydrogen) atoms. The minimum absolute atomic E-state index is 0.112. The van der Waals surface area contributed by atoms with Crippen molar-refractivity contribution in [3.05, 3.63) is 288 Å². The normalized spacial score (nSPS) is 12.4. The number of methoxy groups -OCH3 is 8. The molecule has 9 N–H and O–H groups in total. The molecule has 0 atom stereocenters. The Bertz CT molecular complexity index is 8660. The van der Waals surface area contributed by atoms with E-state index in [4.69, 9.17) is 47.0 Å². The number of hydrogen-bond acceptors (Lipinski definition) is 21. The van der Waals surface area contributed by atoms with Crippen LogP contribution in [0.2, 0.25) is 0 Å². The van der Waals surface area contributed by atoms with Crippen molar-refractivity contribution >= 4 is 146 Å². The lowest BCUT2D eigenvalue weighted by Crippen LogP contribution is -3.14. The van der Waals surface area contributed by atoms with E-state index in [1.807, 2.05) is 157 Å². The minimum Gasteiger partial charge on any atom is -0.493 e. The number of aliphatic hydroxyl groups excluding tert-OH is 8. The predicted molar refractivity (Wildman–Crippen MR) is 580 cm³/mol. The maximum absolute atomic E-state index is 12.6. The molecule has 21 rings (SSSR count). The molecule has 20 aromatic rings. The molecule has 0 aliphatic carbocycles. The molecule has 0 bridgehead atoms. The summed E-state index contributed by atoms with van der Waals surface area (Å²) in [6, 6.07) is 66.3. The van der Waals surface area contributed by atoms with Crippen LogP contribution in [0.1, 0.15) is 50.1 Å². The van der Waals surface area contributed by atoms with Crippen LogP contribution in [-0.2, 0) is 102 Å².